The van der Waals surface area contributed by atoms with Gasteiger partial charge in [0.25, 0.3) is 5.91 Å². The van der Waals surface area contributed by atoms with Crippen molar-refractivity contribution in [2.24, 2.45) is 0 Å². The molecule has 4 N–H and O–H groups in total. The molecule has 0 atom stereocenters. The van der Waals surface area contributed by atoms with E-state index >= 15 is 0 Å². The van der Waals surface area contributed by atoms with Crippen LogP contribution in [0.4, 0.5) is 16.4 Å². The van der Waals surface area contributed by atoms with E-state index in [2.05, 4.69) is 22.0 Å². The largest absolute Gasteiger partial charge is 0.478 e. The van der Waals surface area contributed by atoms with Gasteiger partial charge in [-0.1, -0.05) is 24.3 Å². The zero-order chi connectivity index (χ0) is 26.1. The van der Waals surface area contributed by atoms with Crippen LogP contribution in [0.1, 0.15) is 20.8 Å². The quantitative estimate of drug-likeness (QED) is 0.240. The first-order valence-corrected chi connectivity index (χ1v) is 12.2. The van der Waals surface area contributed by atoms with E-state index in [9.17, 15) is 24.4 Å². The highest BCUT2D eigenvalue weighted by Crippen LogP contribution is 2.33. The molecular weight excluding hydrogens is 500 g/mol. The van der Waals surface area contributed by atoms with Crippen molar-refractivity contribution in [1.82, 2.24) is 0 Å². The molecule has 0 spiro atoms. The van der Waals surface area contributed by atoms with E-state index in [4.69, 9.17) is 5.11 Å². The molecule has 0 saturated carbocycles. The molecule has 0 aliphatic heterocycles. The average molecular weight is 521 g/mol. The first-order chi connectivity index (χ1) is 17.3. The molecule has 182 valence electrons. The molecule has 1 aromatic heterocycles. The Bertz CT molecular complexity index is 1380. The van der Waals surface area contributed by atoms with E-state index in [1.54, 1.807) is 55.5 Å². The third-order valence-electron chi connectivity index (χ3n) is 4.60. The minimum absolute atomic E-state index is 0.0175. The number of amides is 3. The number of carboxylic acids is 1. The molecule has 1 heterocycles. The summed E-state index contributed by atoms with van der Waals surface area (Å²) in [5, 5.41) is 26.5. The van der Waals surface area contributed by atoms with Gasteiger partial charge in [-0.2, -0.15) is 5.26 Å². The van der Waals surface area contributed by atoms with Crippen LogP contribution in [0.25, 0.3) is 0 Å². The molecule has 0 aliphatic carbocycles. The predicted molar refractivity (Wildman–Crippen MR) is 139 cm³/mol. The van der Waals surface area contributed by atoms with E-state index in [0.29, 0.717) is 31.7 Å². The van der Waals surface area contributed by atoms with E-state index in [1.807, 2.05) is 6.07 Å². The highest BCUT2D eigenvalue weighted by molar-refractivity contribution is 8.00. The number of thiophene rings is 1. The Morgan fingerprint density at radius 1 is 1.00 bits per heavy atom. The fourth-order valence-electron chi connectivity index (χ4n) is 2.97. The van der Waals surface area contributed by atoms with Crippen molar-refractivity contribution in [2.45, 2.75) is 11.8 Å². The second-order valence-corrected chi connectivity index (χ2v) is 9.29. The number of carboxylic acid groups (broad SMARTS) is 1. The van der Waals surface area contributed by atoms with Crippen molar-refractivity contribution in [2.75, 3.05) is 21.7 Å². The average Bonchev–Trinajstić information content (AvgIpc) is 3.17. The van der Waals surface area contributed by atoms with Gasteiger partial charge in [0.05, 0.1) is 16.2 Å². The maximum absolute atomic E-state index is 12.7. The molecule has 11 heteroatoms. The molecule has 3 rings (SSSR count). The van der Waals surface area contributed by atoms with Crippen molar-refractivity contribution in [3.63, 3.8) is 0 Å². The van der Waals surface area contributed by atoms with Crippen molar-refractivity contribution in [3.8, 4) is 6.07 Å². The van der Waals surface area contributed by atoms with E-state index in [0.717, 1.165) is 23.5 Å². The summed E-state index contributed by atoms with van der Waals surface area (Å²) in [5.74, 6) is -2.55. The lowest BCUT2D eigenvalue weighted by atomic mass is 10.1. The number of nitriles is 1. The van der Waals surface area contributed by atoms with Crippen LogP contribution in [-0.4, -0.2) is 34.6 Å². The molecule has 0 radical (unpaired) electrons. The van der Waals surface area contributed by atoms with Gasteiger partial charge in [-0.15, -0.1) is 23.1 Å². The number of benzene rings is 2. The van der Waals surface area contributed by atoms with Gasteiger partial charge in [0.1, 0.15) is 11.1 Å². The number of carbonyl (C=O) groups is 4. The molecule has 9 nitrogen and oxygen atoms in total. The Labute approximate surface area is 214 Å². The summed E-state index contributed by atoms with van der Waals surface area (Å²) in [6.45, 7) is 1.66. The van der Waals surface area contributed by atoms with Crippen LogP contribution >= 0.6 is 23.1 Å². The number of nitrogens with zero attached hydrogens (tertiary/aromatic N) is 1. The van der Waals surface area contributed by atoms with Crippen LogP contribution in [-0.2, 0) is 14.4 Å². The normalized spacial score (nSPS) is 10.4. The van der Waals surface area contributed by atoms with E-state index < -0.39 is 11.9 Å². The summed E-state index contributed by atoms with van der Waals surface area (Å²) < 4.78 is 0. The third kappa shape index (κ3) is 7.30. The van der Waals surface area contributed by atoms with Gasteiger partial charge in [0, 0.05) is 28.4 Å². The molecule has 0 saturated heterocycles. The van der Waals surface area contributed by atoms with Gasteiger partial charge >= 0.3 is 5.97 Å². The van der Waals surface area contributed by atoms with Crippen LogP contribution in [0.15, 0.2) is 71.6 Å². The van der Waals surface area contributed by atoms with Crippen LogP contribution < -0.4 is 16.0 Å². The topological polar surface area (TPSA) is 148 Å². The fourth-order valence-corrected chi connectivity index (χ4v) is 4.79. The lowest BCUT2D eigenvalue weighted by molar-refractivity contribution is -0.131. The number of carbonyl (C=O) groups excluding carboxylic acids is 3. The lowest BCUT2D eigenvalue weighted by Gasteiger charge is -2.06. The summed E-state index contributed by atoms with van der Waals surface area (Å²) in [6, 6.07) is 17.7. The monoisotopic (exact) mass is 520 g/mol. The van der Waals surface area contributed by atoms with Crippen LogP contribution in [0.5, 0.6) is 0 Å². The first kappa shape index (κ1) is 26.2. The standard InChI is InChI=1S/C25H20N4O5S2/c1-15-19(13-26)25(36-23(15)24(34)28-16-6-3-2-4-7-16)29-21(31)14-35-18-9-5-8-17(12-18)27-20(30)10-11-22(32)33/h2-12H,14H2,1H3,(H,27,30)(H,28,34)(H,29,31)(H,32,33)/b11-10+. The molecule has 36 heavy (non-hydrogen) atoms. The van der Waals surface area contributed by atoms with Gasteiger partial charge in [0.2, 0.25) is 11.8 Å². The van der Waals surface area contributed by atoms with Crippen LogP contribution in [0, 0.1) is 18.3 Å². The molecule has 2 aromatic carbocycles. The predicted octanol–water partition coefficient (Wildman–Crippen LogP) is 4.49. The van der Waals surface area contributed by atoms with Crippen molar-refractivity contribution >= 4 is 63.2 Å². The molecule has 0 unspecified atom stereocenters. The summed E-state index contributed by atoms with van der Waals surface area (Å²) in [4.78, 5) is 48.6. The lowest BCUT2D eigenvalue weighted by Crippen LogP contribution is -2.14. The van der Waals surface area contributed by atoms with E-state index in [1.165, 1.54) is 11.8 Å². The fraction of sp³-hybridized carbons (Fsp3) is 0.0800. The van der Waals surface area contributed by atoms with Gasteiger partial charge < -0.3 is 21.1 Å². The Kier molecular flexibility index (Phi) is 8.99. The number of hydrogen-bond acceptors (Lipinski definition) is 7. The highest BCUT2D eigenvalue weighted by Gasteiger charge is 2.21. The Morgan fingerprint density at radius 2 is 1.72 bits per heavy atom. The Morgan fingerprint density at radius 3 is 2.42 bits per heavy atom. The summed E-state index contributed by atoms with van der Waals surface area (Å²) in [5.41, 5.74) is 1.78. The van der Waals surface area contributed by atoms with Crippen molar-refractivity contribution in [1.29, 1.82) is 5.26 Å². The summed E-state index contributed by atoms with van der Waals surface area (Å²) in [6.07, 6.45) is 1.64. The van der Waals surface area contributed by atoms with Gasteiger partial charge in [0.15, 0.2) is 0 Å². The second-order valence-electron chi connectivity index (χ2n) is 7.22. The van der Waals surface area contributed by atoms with Crippen molar-refractivity contribution in [3.05, 3.63) is 82.8 Å². The van der Waals surface area contributed by atoms with Crippen LogP contribution in [0.3, 0.4) is 0 Å². The number of thioether (sulfide) groups is 1. The molecule has 3 amide bonds. The maximum Gasteiger partial charge on any atom is 0.328 e. The zero-order valence-corrected chi connectivity index (χ0v) is 20.5. The minimum Gasteiger partial charge on any atom is -0.478 e. The van der Waals surface area contributed by atoms with Gasteiger partial charge in [-0.25, -0.2) is 4.79 Å². The third-order valence-corrected chi connectivity index (χ3v) is 6.80. The SMILES string of the molecule is Cc1c(C(=O)Nc2ccccc2)sc(NC(=O)CSc2cccc(NC(=O)/C=C/C(=O)O)c2)c1C#N. The second kappa shape index (κ2) is 12.3. The Hall–Kier alpha value is -4.40. The molecule has 0 aliphatic rings. The number of aliphatic carboxylic acids is 1. The molecule has 0 fully saturated rings. The van der Waals surface area contributed by atoms with Crippen LogP contribution in [0.2, 0.25) is 0 Å². The number of para-hydroxylation sites is 1. The molecule has 3 aromatic rings. The Balaban J connectivity index is 1.62. The van der Waals surface area contributed by atoms with Crippen molar-refractivity contribution < 1.29 is 24.3 Å². The minimum atomic E-state index is -1.23. The number of nitrogens with one attached hydrogen (secondary N) is 3. The van der Waals surface area contributed by atoms with Gasteiger partial charge in [-0.3, -0.25) is 14.4 Å². The van der Waals surface area contributed by atoms with Gasteiger partial charge in [-0.05, 0) is 42.8 Å². The summed E-state index contributed by atoms with van der Waals surface area (Å²) >= 11 is 2.24. The zero-order valence-electron chi connectivity index (χ0n) is 18.9. The maximum atomic E-state index is 12.7. The number of anilines is 3. The molecular formula is C25H20N4O5S2. The molecule has 0 bridgehead atoms. The van der Waals surface area contributed by atoms with E-state index in [-0.39, 0.29) is 23.1 Å². The number of hydrogen-bond donors (Lipinski definition) is 4. The summed E-state index contributed by atoms with van der Waals surface area (Å²) in [7, 11) is 0. The smallest absolute Gasteiger partial charge is 0.328 e. The highest BCUT2D eigenvalue weighted by atomic mass is 32.2. The number of rotatable bonds is 9. The first-order valence-electron chi connectivity index (χ1n) is 10.4.